The average Bonchev–Trinajstić information content (AvgIpc) is 2.36. The highest BCUT2D eigenvalue weighted by Gasteiger charge is 2.07. The first-order chi connectivity index (χ1) is 8.60. The molecule has 0 atom stereocenters. The van der Waals surface area contributed by atoms with Gasteiger partial charge >= 0.3 is 0 Å². The van der Waals surface area contributed by atoms with E-state index >= 15 is 0 Å². The van der Waals surface area contributed by atoms with Crippen LogP contribution in [0.1, 0.15) is 16.7 Å². The van der Waals surface area contributed by atoms with Crippen LogP contribution in [0.2, 0.25) is 0 Å². The van der Waals surface area contributed by atoms with Crippen LogP contribution in [0.15, 0.2) is 36.4 Å². The number of hydrogen-bond donors (Lipinski definition) is 0. The first-order valence-corrected chi connectivity index (χ1v) is 6.23. The summed E-state index contributed by atoms with van der Waals surface area (Å²) in [5.74, 6) is 0.922. The Balaban J connectivity index is 2.36. The summed E-state index contributed by atoms with van der Waals surface area (Å²) in [5.41, 5.74) is 2.85. The number of alkyl halides is 1. The lowest BCUT2D eigenvalue weighted by Gasteiger charge is -2.11. The van der Waals surface area contributed by atoms with Gasteiger partial charge in [0, 0.05) is 5.88 Å². The predicted octanol–water partition coefficient (Wildman–Crippen LogP) is 4.97. The highest BCUT2D eigenvalue weighted by molar-refractivity contribution is 6.17. The zero-order valence-corrected chi connectivity index (χ0v) is 11.1. The van der Waals surface area contributed by atoms with E-state index in [0.29, 0.717) is 11.6 Å². The van der Waals surface area contributed by atoms with Crippen molar-refractivity contribution in [3.63, 3.8) is 0 Å². The largest absolute Gasteiger partial charge is 0.454 e. The molecule has 0 fully saturated rings. The number of rotatable bonds is 3. The smallest absolute Gasteiger partial charge is 0.165 e. The van der Waals surface area contributed by atoms with Crippen LogP contribution in [0.3, 0.4) is 0 Å². The minimum atomic E-state index is -0.365. The molecule has 0 saturated heterocycles. The second-order valence-electron chi connectivity index (χ2n) is 4.27. The second-order valence-corrected chi connectivity index (χ2v) is 4.54. The van der Waals surface area contributed by atoms with E-state index in [-0.39, 0.29) is 11.6 Å². The Morgan fingerprint density at radius 2 is 1.83 bits per heavy atom. The Morgan fingerprint density at radius 3 is 2.56 bits per heavy atom. The van der Waals surface area contributed by atoms with E-state index in [0.717, 1.165) is 16.7 Å². The first kappa shape index (κ1) is 12.9. The normalized spacial score (nSPS) is 10.4. The topological polar surface area (TPSA) is 9.23 Å². The highest BCUT2D eigenvalue weighted by Crippen LogP contribution is 2.29. The van der Waals surface area contributed by atoms with Crippen LogP contribution in [0.4, 0.5) is 4.39 Å². The maximum Gasteiger partial charge on any atom is 0.165 e. The molecule has 0 amide bonds. The Morgan fingerprint density at radius 1 is 1.06 bits per heavy atom. The van der Waals surface area contributed by atoms with Gasteiger partial charge in [-0.25, -0.2) is 4.39 Å². The number of hydrogen-bond acceptors (Lipinski definition) is 1. The minimum Gasteiger partial charge on any atom is -0.454 e. The van der Waals surface area contributed by atoms with E-state index in [2.05, 4.69) is 0 Å². The van der Waals surface area contributed by atoms with Crippen LogP contribution in [-0.2, 0) is 5.88 Å². The summed E-state index contributed by atoms with van der Waals surface area (Å²) in [4.78, 5) is 0. The third-order valence-electron chi connectivity index (χ3n) is 2.71. The van der Waals surface area contributed by atoms with Gasteiger partial charge in [0.25, 0.3) is 0 Å². The molecule has 2 aromatic carbocycles. The zero-order valence-electron chi connectivity index (χ0n) is 10.3. The fraction of sp³-hybridized carbons (Fsp3) is 0.200. The molecule has 0 saturated carbocycles. The zero-order chi connectivity index (χ0) is 13.1. The van der Waals surface area contributed by atoms with Gasteiger partial charge in [0.1, 0.15) is 5.75 Å². The summed E-state index contributed by atoms with van der Waals surface area (Å²) in [6.07, 6.45) is 0. The highest BCUT2D eigenvalue weighted by atomic mass is 35.5. The second kappa shape index (κ2) is 5.40. The molecule has 0 aliphatic rings. The molecule has 0 aliphatic heterocycles. The molecule has 1 nitrogen and oxygen atoms in total. The summed E-state index contributed by atoms with van der Waals surface area (Å²) in [7, 11) is 0. The van der Waals surface area contributed by atoms with Crippen molar-refractivity contribution < 1.29 is 9.13 Å². The Kier molecular flexibility index (Phi) is 3.87. The fourth-order valence-electron chi connectivity index (χ4n) is 1.64. The van der Waals surface area contributed by atoms with E-state index in [1.165, 1.54) is 6.07 Å². The van der Waals surface area contributed by atoms with Gasteiger partial charge in [-0.05, 0) is 48.7 Å². The van der Waals surface area contributed by atoms with Crippen LogP contribution >= 0.6 is 11.6 Å². The van der Waals surface area contributed by atoms with Crippen LogP contribution in [-0.4, -0.2) is 0 Å². The third-order valence-corrected chi connectivity index (χ3v) is 3.02. The Labute approximate surface area is 111 Å². The molecule has 0 aliphatic carbocycles. The molecule has 3 heteroatoms. The number of benzene rings is 2. The molecule has 0 aromatic heterocycles. The summed E-state index contributed by atoms with van der Waals surface area (Å²) in [6.45, 7) is 3.81. The average molecular weight is 265 g/mol. The van der Waals surface area contributed by atoms with Crippen molar-refractivity contribution >= 4 is 11.6 Å². The van der Waals surface area contributed by atoms with Gasteiger partial charge in [0.2, 0.25) is 0 Å². The van der Waals surface area contributed by atoms with Gasteiger partial charge in [0.15, 0.2) is 11.6 Å². The van der Waals surface area contributed by atoms with Crippen molar-refractivity contribution in [3.8, 4) is 11.5 Å². The van der Waals surface area contributed by atoms with Gasteiger partial charge in [-0.2, -0.15) is 0 Å². The standard InChI is InChI=1S/C15H14ClFO/c1-10-3-6-13(17)15(7-10)18-14-8-12(9-16)5-4-11(14)2/h3-8H,9H2,1-2H3. The number of aryl methyl sites for hydroxylation is 2. The van der Waals surface area contributed by atoms with Crippen molar-refractivity contribution in [2.24, 2.45) is 0 Å². The van der Waals surface area contributed by atoms with Gasteiger partial charge in [-0.3, -0.25) is 0 Å². The molecule has 0 heterocycles. The van der Waals surface area contributed by atoms with Crippen LogP contribution < -0.4 is 4.74 Å². The quantitative estimate of drug-likeness (QED) is 0.711. The maximum absolute atomic E-state index is 13.6. The van der Waals surface area contributed by atoms with Crippen molar-refractivity contribution in [3.05, 3.63) is 58.9 Å². The third kappa shape index (κ3) is 2.82. The molecular weight excluding hydrogens is 251 g/mol. The molecule has 2 aromatic rings. The molecule has 18 heavy (non-hydrogen) atoms. The molecule has 94 valence electrons. The molecule has 2 rings (SSSR count). The van der Waals surface area contributed by atoms with Gasteiger partial charge in [-0.15, -0.1) is 11.6 Å². The van der Waals surface area contributed by atoms with Gasteiger partial charge in [0.05, 0.1) is 0 Å². The van der Waals surface area contributed by atoms with Crippen molar-refractivity contribution in [1.82, 2.24) is 0 Å². The van der Waals surface area contributed by atoms with Crippen LogP contribution in [0.25, 0.3) is 0 Å². The van der Waals surface area contributed by atoms with Crippen molar-refractivity contribution in [1.29, 1.82) is 0 Å². The lowest BCUT2D eigenvalue weighted by molar-refractivity contribution is 0.439. The molecular formula is C15H14ClFO. The van der Waals surface area contributed by atoms with Gasteiger partial charge < -0.3 is 4.74 Å². The van der Waals surface area contributed by atoms with Crippen molar-refractivity contribution in [2.45, 2.75) is 19.7 Å². The number of halogens is 2. The van der Waals surface area contributed by atoms with E-state index in [4.69, 9.17) is 16.3 Å². The van der Waals surface area contributed by atoms with Crippen LogP contribution in [0.5, 0.6) is 11.5 Å². The monoisotopic (exact) mass is 264 g/mol. The van der Waals surface area contributed by atoms with E-state index in [9.17, 15) is 4.39 Å². The maximum atomic E-state index is 13.6. The molecule has 0 bridgehead atoms. The SMILES string of the molecule is Cc1ccc(F)c(Oc2cc(CCl)ccc2C)c1. The van der Waals surface area contributed by atoms with E-state index in [1.54, 1.807) is 12.1 Å². The molecule has 0 unspecified atom stereocenters. The Bertz CT molecular complexity index is 566. The molecule has 0 spiro atoms. The predicted molar refractivity (Wildman–Crippen MR) is 71.9 cm³/mol. The van der Waals surface area contributed by atoms with E-state index in [1.807, 2.05) is 32.0 Å². The first-order valence-electron chi connectivity index (χ1n) is 5.69. The summed E-state index contributed by atoms with van der Waals surface area (Å²) in [6, 6.07) is 10.5. The lowest BCUT2D eigenvalue weighted by Crippen LogP contribution is -1.92. The fourth-order valence-corrected chi connectivity index (χ4v) is 1.81. The lowest BCUT2D eigenvalue weighted by atomic mass is 10.1. The van der Waals surface area contributed by atoms with Crippen molar-refractivity contribution in [2.75, 3.05) is 0 Å². The molecule has 0 radical (unpaired) electrons. The summed E-state index contributed by atoms with van der Waals surface area (Å²) in [5, 5.41) is 0. The minimum absolute atomic E-state index is 0.241. The van der Waals surface area contributed by atoms with Gasteiger partial charge in [-0.1, -0.05) is 18.2 Å². The molecule has 0 N–H and O–H groups in total. The summed E-state index contributed by atoms with van der Waals surface area (Å²) >= 11 is 5.78. The van der Waals surface area contributed by atoms with E-state index < -0.39 is 0 Å². The number of ether oxygens (including phenoxy) is 1. The van der Waals surface area contributed by atoms with Crippen LogP contribution in [0, 0.1) is 19.7 Å². The Hall–Kier alpha value is -1.54. The summed E-state index contributed by atoms with van der Waals surface area (Å²) < 4.78 is 19.2.